The Morgan fingerprint density at radius 3 is 2.47 bits per heavy atom. The number of furan rings is 1. The molecule has 0 fully saturated rings. The molecule has 0 saturated heterocycles. The maximum Gasteiger partial charge on any atom is 0.300 e. The predicted molar refractivity (Wildman–Crippen MR) is 47.1 cm³/mol. The number of nitrogens with one attached hydrogen (secondary N) is 1. The Hall–Kier alpha value is -1.24. The van der Waals surface area contributed by atoms with Crippen molar-refractivity contribution in [2.24, 2.45) is 11.0 Å². The second-order valence-electron chi connectivity index (χ2n) is 2.65. The summed E-state index contributed by atoms with van der Waals surface area (Å²) in [5.41, 5.74) is 9.70. The summed E-state index contributed by atoms with van der Waals surface area (Å²) < 4.78 is 39.3. The van der Waals surface area contributed by atoms with E-state index < -0.39 is 31.4 Å². The highest BCUT2D eigenvalue weighted by molar-refractivity contribution is 7.57. The number of rotatable bonds is 3. The maximum absolute atomic E-state index is 12.1. The number of carbonyl (C=O) groups is 1. The first-order valence-electron chi connectivity index (χ1n) is 3.67. The molecule has 0 radical (unpaired) electrons. The van der Waals surface area contributed by atoms with Crippen molar-refractivity contribution in [3.63, 3.8) is 0 Å². The molecule has 0 aliphatic heterocycles. The molecular weight excluding hydrogens is 231 g/mol. The molecule has 1 aromatic rings. The van der Waals surface area contributed by atoms with Crippen molar-refractivity contribution in [2.45, 2.75) is 6.43 Å². The Labute approximate surface area is 83.1 Å². The zero-order chi connectivity index (χ0) is 11.6. The smallest absolute Gasteiger partial charge is 0.300 e. The molecule has 0 aliphatic carbocycles. The molecule has 0 atom stereocenters. The minimum atomic E-state index is -3.75. The average molecular weight is 239 g/mol. The van der Waals surface area contributed by atoms with E-state index in [0.29, 0.717) is 0 Å². The van der Waals surface area contributed by atoms with Crippen LogP contribution < -0.4 is 16.1 Å². The van der Waals surface area contributed by atoms with Gasteiger partial charge in [-0.2, -0.15) is 0 Å². The molecule has 5 N–H and O–H groups in total. The highest BCUT2D eigenvalue weighted by Crippen LogP contribution is 2.23. The zero-order valence-electron chi connectivity index (χ0n) is 7.31. The lowest BCUT2D eigenvalue weighted by atomic mass is 10.4. The fraction of sp³-hybridized carbons (Fsp3) is 0.167. The van der Waals surface area contributed by atoms with Crippen molar-refractivity contribution in [3.8, 4) is 0 Å². The molecule has 1 heterocycles. The van der Waals surface area contributed by atoms with E-state index in [4.69, 9.17) is 11.0 Å². The number of halogens is 2. The number of carbonyl (C=O) groups excluding carboxylic acids is 1. The SMILES string of the molecule is NP(N)(=O)NC(=O)c1ccc(C(F)F)o1. The first kappa shape index (κ1) is 11.8. The predicted octanol–water partition coefficient (Wildman–Crippen LogP) is 0.972. The Balaban J connectivity index is 2.79. The van der Waals surface area contributed by atoms with Gasteiger partial charge >= 0.3 is 7.59 Å². The molecule has 84 valence electrons. The van der Waals surface area contributed by atoms with Gasteiger partial charge in [-0.15, -0.1) is 0 Å². The second kappa shape index (κ2) is 4.09. The minimum absolute atomic E-state index is 0.429. The maximum atomic E-state index is 12.1. The fourth-order valence-electron chi connectivity index (χ4n) is 0.806. The fourth-order valence-corrected chi connectivity index (χ4v) is 1.23. The van der Waals surface area contributed by atoms with Crippen LogP contribution >= 0.6 is 7.59 Å². The van der Waals surface area contributed by atoms with Gasteiger partial charge in [0, 0.05) is 0 Å². The molecule has 15 heavy (non-hydrogen) atoms. The van der Waals surface area contributed by atoms with Crippen LogP contribution in [0.15, 0.2) is 16.5 Å². The van der Waals surface area contributed by atoms with Gasteiger partial charge in [-0.1, -0.05) is 0 Å². The molecule has 0 aliphatic rings. The van der Waals surface area contributed by atoms with Gasteiger partial charge in [0.05, 0.1) is 0 Å². The molecular formula is C6H8F2N3O3P. The molecule has 6 nitrogen and oxygen atoms in total. The quantitative estimate of drug-likeness (QED) is 0.680. The van der Waals surface area contributed by atoms with Crippen molar-refractivity contribution < 1.29 is 22.6 Å². The van der Waals surface area contributed by atoms with Crippen molar-refractivity contribution in [1.29, 1.82) is 0 Å². The van der Waals surface area contributed by atoms with Crippen LogP contribution in [0.3, 0.4) is 0 Å². The van der Waals surface area contributed by atoms with Gasteiger partial charge in [-0.25, -0.2) is 8.78 Å². The van der Waals surface area contributed by atoms with E-state index in [9.17, 15) is 18.1 Å². The largest absolute Gasteiger partial charge is 0.450 e. The summed E-state index contributed by atoms with van der Waals surface area (Å²) in [6.45, 7) is 0. The van der Waals surface area contributed by atoms with E-state index in [1.165, 1.54) is 0 Å². The van der Waals surface area contributed by atoms with Crippen LogP contribution in [0, 0.1) is 0 Å². The van der Waals surface area contributed by atoms with Crippen LogP contribution in [0.5, 0.6) is 0 Å². The summed E-state index contributed by atoms with van der Waals surface area (Å²) in [5.74, 6) is -2.10. The molecule has 0 bridgehead atoms. The molecule has 1 amide bonds. The van der Waals surface area contributed by atoms with E-state index in [1.807, 2.05) is 0 Å². The van der Waals surface area contributed by atoms with E-state index in [2.05, 4.69) is 4.42 Å². The standard InChI is InChI=1S/C6H8F2N3O3P/c7-5(8)3-1-2-4(14-3)6(12)11-15(9,10)13/h1-2,5H,(H5,9,10,11,12,13). The third-order valence-corrected chi connectivity index (χ3v) is 1.89. The molecule has 9 heteroatoms. The van der Waals surface area contributed by atoms with Gasteiger partial charge in [0.25, 0.3) is 12.3 Å². The van der Waals surface area contributed by atoms with Crippen LogP contribution in [-0.4, -0.2) is 5.91 Å². The van der Waals surface area contributed by atoms with E-state index in [0.717, 1.165) is 12.1 Å². The minimum Gasteiger partial charge on any atom is -0.450 e. The topological polar surface area (TPSA) is 111 Å². The monoisotopic (exact) mass is 239 g/mol. The van der Waals surface area contributed by atoms with E-state index in [-0.39, 0.29) is 0 Å². The number of nitrogens with two attached hydrogens (primary N) is 2. The highest BCUT2D eigenvalue weighted by Gasteiger charge is 2.20. The number of amides is 1. The first-order chi connectivity index (χ1) is 6.79. The summed E-state index contributed by atoms with van der Waals surface area (Å²) in [6, 6.07) is 1.93. The van der Waals surface area contributed by atoms with Crippen LogP contribution in [0.2, 0.25) is 0 Å². The molecule has 0 saturated carbocycles. The summed E-state index contributed by atoms with van der Waals surface area (Å²) in [4.78, 5) is 11.1. The average Bonchev–Trinajstić information content (AvgIpc) is 2.47. The summed E-state index contributed by atoms with van der Waals surface area (Å²) >= 11 is 0. The Morgan fingerprint density at radius 1 is 1.47 bits per heavy atom. The molecule has 0 spiro atoms. The number of alkyl halides is 2. The van der Waals surface area contributed by atoms with Gasteiger partial charge in [0.15, 0.2) is 11.5 Å². The Morgan fingerprint density at radius 2 is 2.07 bits per heavy atom. The molecule has 0 unspecified atom stereocenters. The van der Waals surface area contributed by atoms with Crippen molar-refractivity contribution in [3.05, 3.63) is 23.7 Å². The molecule has 0 aromatic carbocycles. The number of hydrogen-bond acceptors (Lipinski definition) is 3. The van der Waals surface area contributed by atoms with Crippen LogP contribution in [-0.2, 0) is 4.57 Å². The van der Waals surface area contributed by atoms with Crippen molar-refractivity contribution in [1.82, 2.24) is 5.09 Å². The lowest BCUT2D eigenvalue weighted by Crippen LogP contribution is -2.28. The molecule has 1 rings (SSSR count). The van der Waals surface area contributed by atoms with Gasteiger partial charge in [-0.3, -0.25) is 25.5 Å². The third-order valence-electron chi connectivity index (χ3n) is 1.34. The van der Waals surface area contributed by atoms with Crippen molar-refractivity contribution >= 4 is 13.5 Å². The summed E-state index contributed by atoms with van der Waals surface area (Å²) in [7, 11) is -3.75. The Bertz CT molecular complexity index is 414. The normalized spacial score (nSPS) is 11.8. The zero-order valence-corrected chi connectivity index (χ0v) is 8.21. The van der Waals surface area contributed by atoms with Crippen LogP contribution in [0.4, 0.5) is 8.78 Å². The van der Waals surface area contributed by atoms with Gasteiger partial charge in [0.2, 0.25) is 0 Å². The molecule has 1 aromatic heterocycles. The number of hydrogen-bond donors (Lipinski definition) is 3. The second-order valence-corrected chi connectivity index (χ2v) is 4.30. The first-order valence-corrected chi connectivity index (χ1v) is 5.52. The van der Waals surface area contributed by atoms with Crippen molar-refractivity contribution in [2.75, 3.05) is 0 Å². The van der Waals surface area contributed by atoms with E-state index in [1.54, 1.807) is 5.09 Å². The lowest BCUT2D eigenvalue weighted by Gasteiger charge is -2.06. The highest BCUT2D eigenvalue weighted by atomic mass is 31.2. The van der Waals surface area contributed by atoms with E-state index >= 15 is 0 Å². The van der Waals surface area contributed by atoms with Gasteiger partial charge in [-0.05, 0) is 12.1 Å². The van der Waals surface area contributed by atoms with Crippen LogP contribution in [0.1, 0.15) is 22.7 Å². The van der Waals surface area contributed by atoms with Gasteiger partial charge in [0.1, 0.15) is 0 Å². The van der Waals surface area contributed by atoms with Crippen LogP contribution in [0.25, 0.3) is 0 Å². The summed E-state index contributed by atoms with van der Waals surface area (Å²) in [6.07, 6.45) is -2.82. The van der Waals surface area contributed by atoms with Gasteiger partial charge < -0.3 is 4.42 Å². The Kier molecular flexibility index (Phi) is 3.23. The third kappa shape index (κ3) is 3.43. The summed E-state index contributed by atoms with van der Waals surface area (Å²) in [5, 5.41) is 1.72. The lowest BCUT2D eigenvalue weighted by molar-refractivity contribution is 0.0924.